The van der Waals surface area contributed by atoms with Gasteiger partial charge in [0.25, 0.3) is 0 Å². The molecule has 0 aliphatic carbocycles. The fourth-order valence-electron chi connectivity index (χ4n) is 0.589. The van der Waals surface area contributed by atoms with Crippen molar-refractivity contribution in [3.8, 4) is 6.07 Å². The van der Waals surface area contributed by atoms with Gasteiger partial charge < -0.3 is 5.11 Å². The van der Waals surface area contributed by atoms with E-state index in [9.17, 15) is 10.1 Å². The van der Waals surface area contributed by atoms with Gasteiger partial charge in [0.2, 0.25) is 6.54 Å². The predicted molar refractivity (Wildman–Crippen MR) is 36.5 cm³/mol. The van der Waals surface area contributed by atoms with Crippen molar-refractivity contribution < 1.29 is 10.0 Å². The first-order valence-electron chi connectivity index (χ1n) is 3.23. The highest BCUT2D eigenvalue weighted by Gasteiger charge is 2.03. The number of nitriles is 1. The van der Waals surface area contributed by atoms with Gasteiger partial charge in [-0.15, -0.1) is 0 Å². The van der Waals surface area contributed by atoms with Gasteiger partial charge in [0.05, 0.1) is 0 Å². The smallest absolute Gasteiger partial charge is 0.203 e. The van der Waals surface area contributed by atoms with Crippen LogP contribution in [0.15, 0.2) is 0 Å². The van der Waals surface area contributed by atoms with Crippen molar-refractivity contribution in [3.05, 3.63) is 16.2 Å². The van der Waals surface area contributed by atoms with Crippen LogP contribution in [0.2, 0.25) is 0 Å². The van der Waals surface area contributed by atoms with E-state index in [1.807, 2.05) is 0 Å². The standard InChI is InChI=1S/C6H9N2O3/c7-5-6(9)3-1-2-4-8(10)11/h9H,1-4H2. The first-order valence-corrected chi connectivity index (χ1v) is 3.23. The maximum atomic E-state index is 9.78. The van der Waals surface area contributed by atoms with E-state index < -0.39 is 4.92 Å². The first kappa shape index (κ1) is 9.85. The molecule has 0 aromatic carbocycles. The van der Waals surface area contributed by atoms with Crippen molar-refractivity contribution in [1.29, 1.82) is 5.26 Å². The van der Waals surface area contributed by atoms with Gasteiger partial charge in [-0.3, -0.25) is 10.1 Å². The summed E-state index contributed by atoms with van der Waals surface area (Å²) in [6.45, 7) is -0.0985. The van der Waals surface area contributed by atoms with Crippen molar-refractivity contribution in [2.45, 2.75) is 19.3 Å². The molecule has 61 valence electrons. The maximum absolute atomic E-state index is 9.78. The maximum Gasteiger partial charge on any atom is 0.203 e. The summed E-state index contributed by atoms with van der Waals surface area (Å²) in [5.74, 6) is 0. The Morgan fingerprint density at radius 2 is 2.27 bits per heavy atom. The van der Waals surface area contributed by atoms with Gasteiger partial charge in [0.15, 0.2) is 6.10 Å². The van der Waals surface area contributed by atoms with Crippen LogP contribution < -0.4 is 0 Å². The molecule has 0 unspecified atom stereocenters. The average Bonchev–Trinajstić information content (AvgIpc) is 1.97. The van der Waals surface area contributed by atoms with E-state index in [-0.39, 0.29) is 19.1 Å². The lowest BCUT2D eigenvalue weighted by molar-refractivity contribution is -0.480. The Kier molecular flexibility index (Phi) is 5.03. The quantitative estimate of drug-likeness (QED) is 0.277. The molecule has 0 amide bonds. The highest BCUT2D eigenvalue weighted by molar-refractivity contribution is 4.99. The van der Waals surface area contributed by atoms with Crippen LogP contribution in [0.5, 0.6) is 0 Å². The number of hydrogen-bond donors (Lipinski definition) is 1. The van der Waals surface area contributed by atoms with E-state index in [2.05, 4.69) is 0 Å². The molecule has 5 nitrogen and oxygen atoms in total. The van der Waals surface area contributed by atoms with Crippen molar-refractivity contribution in [2.75, 3.05) is 6.54 Å². The predicted octanol–water partition coefficient (Wildman–Crippen LogP) is 0.861. The molecule has 0 aromatic heterocycles. The zero-order chi connectivity index (χ0) is 8.69. The normalized spacial score (nSPS) is 9.55. The van der Waals surface area contributed by atoms with Crippen LogP contribution in [0.4, 0.5) is 0 Å². The van der Waals surface area contributed by atoms with Gasteiger partial charge in [-0.25, -0.2) is 0 Å². The average molecular weight is 157 g/mol. The number of aliphatic hydroxyl groups is 1. The Morgan fingerprint density at radius 3 is 2.73 bits per heavy atom. The molecule has 0 aliphatic heterocycles. The van der Waals surface area contributed by atoms with Crippen molar-refractivity contribution >= 4 is 0 Å². The molecule has 0 saturated heterocycles. The van der Waals surface area contributed by atoms with Gasteiger partial charge in [-0.05, 0) is 12.8 Å². The summed E-state index contributed by atoms with van der Waals surface area (Å²) in [6, 6.07) is 1.56. The van der Waals surface area contributed by atoms with Gasteiger partial charge in [-0.1, -0.05) is 0 Å². The molecular formula is C6H9N2O3. The highest BCUT2D eigenvalue weighted by atomic mass is 16.6. The lowest BCUT2D eigenvalue weighted by Crippen LogP contribution is -2.01. The molecule has 0 spiro atoms. The van der Waals surface area contributed by atoms with Crippen LogP contribution in [0.3, 0.4) is 0 Å². The molecule has 0 aliphatic rings. The number of aliphatic hydroxyl groups excluding tert-OH is 1. The lowest BCUT2D eigenvalue weighted by atomic mass is 10.2. The summed E-state index contributed by atoms with van der Waals surface area (Å²) in [6.07, 6.45) is 0.872. The topological polar surface area (TPSA) is 87.2 Å². The van der Waals surface area contributed by atoms with Gasteiger partial charge in [0, 0.05) is 11.3 Å². The van der Waals surface area contributed by atoms with Crippen LogP contribution >= 0.6 is 0 Å². The van der Waals surface area contributed by atoms with Gasteiger partial charge in [-0.2, -0.15) is 5.26 Å². The molecule has 0 heterocycles. The Hall–Kier alpha value is -1.15. The zero-order valence-electron chi connectivity index (χ0n) is 5.99. The van der Waals surface area contributed by atoms with Crippen molar-refractivity contribution in [3.63, 3.8) is 0 Å². The van der Waals surface area contributed by atoms with Crippen LogP contribution in [0, 0.1) is 27.5 Å². The minimum absolute atomic E-state index is 0.0985. The SMILES string of the molecule is N#C[C](O)CCCC[N+](=O)[O-]. The molecule has 1 N–H and O–H groups in total. The number of hydrogen-bond acceptors (Lipinski definition) is 4. The Morgan fingerprint density at radius 1 is 1.64 bits per heavy atom. The molecule has 0 aromatic rings. The molecule has 11 heavy (non-hydrogen) atoms. The Bertz CT molecular complexity index is 164. The van der Waals surface area contributed by atoms with Crippen LogP contribution in [0.1, 0.15) is 19.3 Å². The van der Waals surface area contributed by atoms with Crippen LogP contribution in [-0.4, -0.2) is 16.6 Å². The van der Waals surface area contributed by atoms with E-state index in [0.29, 0.717) is 12.8 Å². The number of nitro groups is 1. The number of rotatable bonds is 5. The summed E-state index contributed by atoms with van der Waals surface area (Å²) in [7, 11) is 0. The third kappa shape index (κ3) is 6.74. The molecule has 1 radical (unpaired) electrons. The minimum atomic E-state index is -0.413. The second kappa shape index (κ2) is 5.62. The van der Waals surface area contributed by atoms with E-state index in [1.54, 1.807) is 6.07 Å². The third-order valence-corrected chi connectivity index (χ3v) is 1.13. The summed E-state index contributed by atoms with van der Waals surface area (Å²) in [4.78, 5) is 9.37. The molecule has 0 fully saturated rings. The monoisotopic (exact) mass is 157 g/mol. The Balaban J connectivity index is 3.16. The Labute approximate surface area is 64.4 Å². The second-order valence-electron chi connectivity index (χ2n) is 2.07. The molecule has 0 saturated carbocycles. The molecule has 5 heteroatoms. The summed E-state index contributed by atoms with van der Waals surface area (Å²) >= 11 is 0. The highest BCUT2D eigenvalue weighted by Crippen LogP contribution is 2.05. The van der Waals surface area contributed by atoms with Gasteiger partial charge >= 0.3 is 0 Å². The fraction of sp³-hybridized carbons (Fsp3) is 0.667. The molecule has 0 bridgehead atoms. The van der Waals surface area contributed by atoms with E-state index in [1.165, 1.54) is 0 Å². The summed E-state index contributed by atoms with van der Waals surface area (Å²) < 4.78 is 0. The van der Waals surface area contributed by atoms with Crippen LogP contribution in [0.25, 0.3) is 0 Å². The number of nitrogens with zero attached hydrogens (tertiary/aromatic N) is 2. The minimum Gasteiger partial charge on any atom is -0.372 e. The summed E-state index contributed by atoms with van der Waals surface area (Å²) in [5.41, 5.74) is 0. The van der Waals surface area contributed by atoms with Crippen molar-refractivity contribution in [2.24, 2.45) is 0 Å². The van der Waals surface area contributed by atoms with E-state index in [0.717, 1.165) is 0 Å². The molecular weight excluding hydrogens is 148 g/mol. The van der Waals surface area contributed by atoms with Gasteiger partial charge in [0.1, 0.15) is 6.07 Å². The van der Waals surface area contributed by atoms with E-state index in [4.69, 9.17) is 10.4 Å². The first-order chi connectivity index (χ1) is 5.16. The second-order valence-corrected chi connectivity index (χ2v) is 2.07. The lowest BCUT2D eigenvalue weighted by Gasteiger charge is -1.96. The fourth-order valence-corrected chi connectivity index (χ4v) is 0.589. The molecule has 0 rings (SSSR count). The zero-order valence-corrected chi connectivity index (χ0v) is 5.99. The van der Waals surface area contributed by atoms with Crippen LogP contribution in [-0.2, 0) is 0 Å². The summed E-state index contributed by atoms with van der Waals surface area (Å²) in [5, 5.41) is 26.5. The number of unbranched alkanes of at least 4 members (excludes halogenated alkanes) is 1. The largest absolute Gasteiger partial charge is 0.372 e. The third-order valence-electron chi connectivity index (χ3n) is 1.13. The van der Waals surface area contributed by atoms with Crippen molar-refractivity contribution in [1.82, 2.24) is 0 Å². The van der Waals surface area contributed by atoms with E-state index >= 15 is 0 Å². The molecule has 0 atom stereocenters.